The van der Waals surface area contributed by atoms with E-state index in [9.17, 15) is 9.90 Å². The molecule has 0 saturated heterocycles. The third kappa shape index (κ3) is 4.15. The van der Waals surface area contributed by atoms with Crippen LogP contribution in [0.25, 0.3) is 10.6 Å². The van der Waals surface area contributed by atoms with Gasteiger partial charge >= 0.3 is 5.97 Å². The largest absolute Gasteiger partial charge is 0.507 e. The van der Waals surface area contributed by atoms with Crippen LogP contribution in [0, 0.1) is 0 Å². The van der Waals surface area contributed by atoms with Gasteiger partial charge in [0, 0.05) is 10.4 Å². The van der Waals surface area contributed by atoms with E-state index in [-0.39, 0.29) is 17.9 Å². The average Bonchev–Trinajstić information content (AvgIpc) is 3.14. The van der Waals surface area contributed by atoms with Crippen LogP contribution >= 0.6 is 22.9 Å². The van der Waals surface area contributed by atoms with Gasteiger partial charge in [-0.1, -0.05) is 17.7 Å². The molecule has 3 rings (SSSR count). The van der Waals surface area contributed by atoms with Crippen molar-refractivity contribution in [3.8, 4) is 27.8 Å². The van der Waals surface area contributed by atoms with Crippen LogP contribution in [-0.4, -0.2) is 30.3 Å². The second-order valence-corrected chi connectivity index (χ2v) is 6.72. The third-order valence-corrected chi connectivity index (χ3v) is 4.88. The first-order valence-electron chi connectivity index (χ1n) is 7.85. The highest BCUT2D eigenvalue weighted by molar-refractivity contribution is 7.13. The second kappa shape index (κ2) is 8.28. The highest BCUT2D eigenvalue weighted by atomic mass is 35.5. The molecule has 0 aliphatic rings. The van der Waals surface area contributed by atoms with Gasteiger partial charge in [0.2, 0.25) is 0 Å². The van der Waals surface area contributed by atoms with Gasteiger partial charge in [-0.25, -0.2) is 9.78 Å². The number of carbonyl (C=O) groups is 1. The molecule has 3 aromatic rings. The number of thiazole rings is 1. The van der Waals surface area contributed by atoms with Crippen molar-refractivity contribution in [2.45, 2.75) is 6.61 Å². The number of hydrogen-bond acceptors (Lipinski definition) is 7. The number of ether oxygens (including phenoxy) is 3. The number of nitrogens with zero attached hydrogens (tertiary/aromatic N) is 1. The zero-order valence-electron chi connectivity index (χ0n) is 14.6. The maximum Gasteiger partial charge on any atom is 0.342 e. The Morgan fingerprint density at radius 1 is 1.22 bits per heavy atom. The molecule has 0 bridgehead atoms. The number of carbonyl (C=O) groups excluding carboxylic acids is 1. The molecule has 0 atom stereocenters. The normalized spacial score (nSPS) is 10.5. The number of phenolic OH excluding ortho intramolecular Hbond substituents is 1. The van der Waals surface area contributed by atoms with Crippen molar-refractivity contribution in [1.29, 1.82) is 0 Å². The van der Waals surface area contributed by atoms with Gasteiger partial charge in [0.15, 0.2) is 11.5 Å². The van der Waals surface area contributed by atoms with Crippen molar-refractivity contribution < 1.29 is 24.1 Å². The standard InChI is InChI=1S/C19H16ClNO5S/c1-24-16-5-3-4-14(17(16)25-2)18-21-12(10-27-18)9-26-19(23)13-7-6-11(20)8-15(13)22/h3-8,10,22H,9H2,1-2H3. The Bertz CT molecular complexity index is 972. The quantitative estimate of drug-likeness (QED) is 0.606. The highest BCUT2D eigenvalue weighted by Gasteiger charge is 2.16. The van der Waals surface area contributed by atoms with E-state index in [2.05, 4.69) is 4.98 Å². The Labute approximate surface area is 164 Å². The molecule has 2 aromatic carbocycles. The van der Waals surface area contributed by atoms with Crippen molar-refractivity contribution in [3.05, 3.63) is 58.1 Å². The van der Waals surface area contributed by atoms with E-state index in [0.717, 1.165) is 5.56 Å². The molecule has 0 aliphatic heterocycles. The van der Waals surface area contributed by atoms with Gasteiger partial charge in [0.1, 0.15) is 22.9 Å². The summed E-state index contributed by atoms with van der Waals surface area (Å²) in [5.74, 6) is 0.311. The van der Waals surface area contributed by atoms with Crippen molar-refractivity contribution in [1.82, 2.24) is 4.98 Å². The third-order valence-electron chi connectivity index (χ3n) is 3.72. The minimum absolute atomic E-state index is 0.0241. The fourth-order valence-electron chi connectivity index (χ4n) is 2.45. The van der Waals surface area contributed by atoms with Gasteiger partial charge in [-0.05, 0) is 30.3 Å². The number of benzene rings is 2. The van der Waals surface area contributed by atoms with Crippen LogP contribution in [0.15, 0.2) is 41.8 Å². The lowest BCUT2D eigenvalue weighted by molar-refractivity contribution is 0.0465. The number of hydrogen-bond donors (Lipinski definition) is 1. The van der Waals surface area contributed by atoms with Gasteiger partial charge < -0.3 is 19.3 Å². The first kappa shape index (κ1) is 19.0. The topological polar surface area (TPSA) is 77.9 Å². The molecule has 27 heavy (non-hydrogen) atoms. The maximum absolute atomic E-state index is 12.1. The fraction of sp³-hybridized carbons (Fsp3) is 0.158. The summed E-state index contributed by atoms with van der Waals surface area (Å²) >= 11 is 7.16. The molecule has 0 saturated carbocycles. The molecule has 0 aliphatic carbocycles. The van der Waals surface area contributed by atoms with Crippen molar-refractivity contribution in [3.63, 3.8) is 0 Å². The summed E-state index contributed by atoms with van der Waals surface area (Å²) < 4.78 is 16.0. The molecule has 8 heteroatoms. The number of aromatic hydroxyl groups is 1. The van der Waals surface area contributed by atoms with Crippen LogP contribution < -0.4 is 9.47 Å². The Kier molecular flexibility index (Phi) is 5.83. The minimum Gasteiger partial charge on any atom is -0.507 e. The molecule has 0 fully saturated rings. The maximum atomic E-state index is 12.1. The Morgan fingerprint density at radius 3 is 2.74 bits per heavy atom. The predicted octanol–water partition coefficient (Wildman–Crippen LogP) is 4.54. The SMILES string of the molecule is COc1cccc(-c2nc(COC(=O)c3ccc(Cl)cc3O)cs2)c1OC. The Hall–Kier alpha value is -2.77. The lowest BCUT2D eigenvalue weighted by atomic mass is 10.2. The van der Waals surface area contributed by atoms with Crippen LogP contribution in [0.1, 0.15) is 16.1 Å². The number of aromatic nitrogens is 1. The van der Waals surface area contributed by atoms with E-state index < -0.39 is 5.97 Å². The van der Waals surface area contributed by atoms with E-state index >= 15 is 0 Å². The Morgan fingerprint density at radius 2 is 2.04 bits per heavy atom. The zero-order chi connectivity index (χ0) is 19.4. The first-order chi connectivity index (χ1) is 13.0. The molecule has 0 unspecified atom stereocenters. The average molecular weight is 406 g/mol. The molecule has 1 aromatic heterocycles. The van der Waals surface area contributed by atoms with E-state index in [1.165, 1.54) is 29.5 Å². The molecule has 0 spiro atoms. The zero-order valence-corrected chi connectivity index (χ0v) is 16.1. The molecule has 0 amide bonds. The van der Waals surface area contributed by atoms with Gasteiger partial charge in [0.05, 0.1) is 25.5 Å². The predicted molar refractivity (Wildman–Crippen MR) is 103 cm³/mol. The van der Waals surface area contributed by atoms with Crippen LogP contribution in [0.4, 0.5) is 0 Å². The molecule has 1 N–H and O–H groups in total. The molecule has 6 nitrogen and oxygen atoms in total. The smallest absolute Gasteiger partial charge is 0.342 e. The molecule has 1 heterocycles. The Balaban J connectivity index is 1.74. The summed E-state index contributed by atoms with van der Waals surface area (Å²) in [7, 11) is 3.14. The van der Waals surface area contributed by atoms with Gasteiger partial charge in [-0.2, -0.15) is 0 Å². The number of para-hydroxylation sites is 1. The summed E-state index contributed by atoms with van der Waals surface area (Å²) in [6.45, 7) is -0.0241. The van der Waals surface area contributed by atoms with Gasteiger partial charge in [-0.3, -0.25) is 0 Å². The van der Waals surface area contributed by atoms with Gasteiger partial charge in [0.25, 0.3) is 0 Å². The van der Waals surface area contributed by atoms with Crippen LogP contribution in [0.5, 0.6) is 17.2 Å². The molecule has 0 radical (unpaired) electrons. The van der Waals surface area contributed by atoms with E-state index in [1.807, 2.05) is 12.1 Å². The van der Waals surface area contributed by atoms with Crippen molar-refractivity contribution in [2.24, 2.45) is 0 Å². The fourth-order valence-corrected chi connectivity index (χ4v) is 3.44. The van der Waals surface area contributed by atoms with E-state index in [0.29, 0.717) is 27.2 Å². The number of phenols is 1. The summed E-state index contributed by atoms with van der Waals surface area (Å²) in [4.78, 5) is 16.6. The monoisotopic (exact) mass is 405 g/mol. The van der Waals surface area contributed by atoms with Gasteiger partial charge in [-0.15, -0.1) is 11.3 Å². The number of rotatable bonds is 6. The number of halogens is 1. The summed E-state index contributed by atoms with van der Waals surface area (Å²) in [5.41, 5.74) is 1.42. The highest BCUT2D eigenvalue weighted by Crippen LogP contribution is 2.39. The lowest BCUT2D eigenvalue weighted by Gasteiger charge is -2.10. The lowest BCUT2D eigenvalue weighted by Crippen LogP contribution is -2.05. The van der Waals surface area contributed by atoms with Crippen LogP contribution in [0.3, 0.4) is 0 Å². The van der Waals surface area contributed by atoms with Crippen molar-refractivity contribution in [2.75, 3.05) is 14.2 Å². The number of esters is 1. The molecule has 140 valence electrons. The summed E-state index contributed by atoms with van der Waals surface area (Å²) in [6.07, 6.45) is 0. The first-order valence-corrected chi connectivity index (χ1v) is 9.10. The van der Waals surface area contributed by atoms with E-state index in [1.54, 1.807) is 25.7 Å². The van der Waals surface area contributed by atoms with Crippen molar-refractivity contribution >= 4 is 28.9 Å². The molecular weight excluding hydrogens is 390 g/mol. The second-order valence-electron chi connectivity index (χ2n) is 5.42. The number of methoxy groups -OCH3 is 2. The van der Waals surface area contributed by atoms with Crippen LogP contribution in [0.2, 0.25) is 5.02 Å². The van der Waals surface area contributed by atoms with Crippen LogP contribution in [-0.2, 0) is 11.3 Å². The minimum atomic E-state index is -0.655. The summed E-state index contributed by atoms with van der Waals surface area (Å²) in [5, 5.41) is 12.6. The van der Waals surface area contributed by atoms with E-state index in [4.69, 9.17) is 25.8 Å². The molecular formula is C19H16ClNO5S. The summed E-state index contributed by atoms with van der Waals surface area (Å²) in [6, 6.07) is 9.73.